The number of hydrogen-bond acceptors (Lipinski definition) is 5. The molecule has 6 nitrogen and oxygen atoms in total. The maximum absolute atomic E-state index is 12.0. The number of carbonyl (C=O) groups excluding carboxylic acids is 1. The van der Waals surface area contributed by atoms with Crippen LogP contribution in [-0.2, 0) is 24.3 Å². The summed E-state index contributed by atoms with van der Waals surface area (Å²) in [7, 11) is -3.90. The SMILES string of the molecule is Cc1ccc(S(=O)(=O)NC(=O)C#CCO[C@H]2CCCCO2)cc1. The van der Waals surface area contributed by atoms with E-state index in [1.807, 2.05) is 11.6 Å². The normalized spacial score (nSPS) is 17.9. The van der Waals surface area contributed by atoms with E-state index in [0.29, 0.717) is 6.61 Å². The van der Waals surface area contributed by atoms with E-state index in [-0.39, 0.29) is 17.8 Å². The van der Waals surface area contributed by atoms with Gasteiger partial charge in [-0.2, -0.15) is 0 Å². The summed E-state index contributed by atoms with van der Waals surface area (Å²) in [5, 5.41) is 0. The van der Waals surface area contributed by atoms with Crippen molar-refractivity contribution in [2.75, 3.05) is 13.2 Å². The zero-order valence-electron chi connectivity index (χ0n) is 12.9. The van der Waals surface area contributed by atoms with Crippen molar-refractivity contribution in [1.29, 1.82) is 0 Å². The maximum atomic E-state index is 12.0. The van der Waals surface area contributed by atoms with Gasteiger partial charge >= 0.3 is 5.91 Å². The Morgan fingerprint density at radius 3 is 2.74 bits per heavy atom. The van der Waals surface area contributed by atoms with Crippen molar-refractivity contribution in [3.05, 3.63) is 29.8 Å². The second kappa shape index (κ2) is 8.11. The number of rotatable bonds is 4. The van der Waals surface area contributed by atoms with Crippen molar-refractivity contribution in [2.45, 2.75) is 37.4 Å². The number of benzene rings is 1. The van der Waals surface area contributed by atoms with Gasteiger partial charge in [0, 0.05) is 6.61 Å². The number of ether oxygens (including phenoxy) is 2. The van der Waals surface area contributed by atoms with Crippen LogP contribution in [0.5, 0.6) is 0 Å². The van der Waals surface area contributed by atoms with Crippen LogP contribution >= 0.6 is 0 Å². The van der Waals surface area contributed by atoms with Gasteiger partial charge in [0.25, 0.3) is 10.0 Å². The Morgan fingerprint density at radius 2 is 2.09 bits per heavy atom. The van der Waals surface area contributed by atoms with E-state index in [1.54, 1.807) is 12.1 Å². The van der Waals surface area contributed by atoms with Crippen molar-refractivity contribution in [1.82, 2.24) is 4.72 Å². The number of sulfonamides is 1. The average Bonchev–Trinajstić information content (AvgIpc) is 2.52. The molecule has 0 spiro atoms. The molecular weight excluding hydrogens is 318 g/mol. The van der Waals surface area contributed by atoms with Crippen LogP contribution in [0.3, 0.4) is 0 Å². The summed E-state index contributed by atoms with van der Waals surface area (Å²) >= 11 is 0. The molecule has 124 valence electrons. The van der Waals surface area contributed by atoms with Crippen LogP contribution in [0, 0.1) is 18.8 Å². The number of nitrogens with one attached hydrogen (secondary N) is 1. The summed E-state index contributed by atoms with van der Waals surface area (Å²) in [5.41, 5.74) is 0.928. The molecule has 1 aromatic carbocycles. The third kappa shape index (κ3) is 5.67. The Bertz CT molecular complexity index is 694. The van der Waals surface area contributed by atoms with Crippen LogP contribution in [0.25, 0.3) is 0 Å². The Morgan fingerprint density at radius 1 is 1.35 bits per heavy atom. The number of hydrogen-bond donors (Lipinski definition) is 1. The molecule has 0 unspecified atom stereocenters. The largest absolute Gasteiger partial charge is 0.353 e. The summed E-state index contributed by atoms with van der Waals surface area (Å²) in [6.07, 6.45) is 2.56. The van der Waals surface area contributed by atoms with Gasteiger partial charge in [-0.05, 0) is 44.2 Å². The van der Waals surface area contributed by atoms with Gasteiger partial charge < -0.3 is 9.47 Å². The number of carbonyl (C=O) groups is 1. The first kappa shape index (κ1) is 17.5. The van der Waals surface area contributed by atoms with Crippen LogP contribution in [0.15, 0.2) is 29.2 Å². The molecule has 1 aliphatic rings. The lowest BCUT2D eigenvalue weighted by Gasteiger charge is -2.21. The van der Waals surface area contributed by atoms with Crippen LogP contribution < -0.4 is 4.72 Å². The van der Waals surface area contributed by atoms with Crippen molar-refractivity contribution in [3.8, 4) is 11.8 Å². The second-order valence-corrected chi connectivity index (χ2v) is 6.84. The highest BCUT2D eigenvalue weighted by Crippen LogP contribution is 2.13. The molecule has 1 heterocycles. The molecule has 0 bridgehead atoms. The fraction of sp³-hybridized carbons (Fsp3) is 0.438. The highest BCUT2D eigenvalue weighted by molar-refractivity contribution is 7.90. The highest BCUT2D eigenvalue weighted by atomic mass is 32.2. The lowest BCUT2D eigenvalue weighted by molar-refractivity contribution is -0.154. The van der Waals surface area contributed by atoms with Gasteiger partial charge in [-0.25, -0.2) is 13.1 Å². The van der Waals surface area contributed by atoms with Gasteiger partial charge in [-0.3, -0.25) is 4.79 Å². The predicted molar refractivity (Wildman–Crippen MR) is 83.8 cm³/mol. The smallest absolute Gasteiger partial charge is 0.309 e. The first-order valence-corrected chi connectivity index (χ1v) is 8.81. The van der Waals surface area contributed by atoms with Crippen molar-refractivity contribution in [3.63, 3.8) is 0 Å². The minimum Gasteiger partial charge on any atom is -0.353 e. The summed E-state index contributed by atoms with van der Waals surface area (Å²) in [6.45, 7) is 2.52. The maximum Gasteiger partial charge on any atom is 0.309 e. The summed E-state index contributed by atoms with van der Waals surface area (Å²) in [5.74, 6) is 3.80. The van der Waals surface area contributed by atoms with Crippen molar-refractivity contribution in [2.24, 2.45) is 0 Å². The van der Waals surface area contributed by atoms with Crippen LogP contribution in [-0.4, -0.2) is 33.8 Å². The molecule has 23 heavy (non-hydrogen) atoms. The van der Waals surface area contributed by atoms with Gasteiger partial charge in [0.2, 0.25) is 0 Å². The lowest BCUT2D eigenvalue weighted by atomic mass is 10.2. The van der Waals surface area contributed by atoms with Gasteiger partial charge in [0.15, 0.2) is 6.29 Å². The Hall–Kier alpha value is -1.88. The van der Waals surface area contributed by atoms with E-state index in [0.717, 1.165) is 24.8 Å². The molecular formula is C16H19NO5S. The van der Waals surface area contributed by atoms with E-state index >= 15 is 0 Å². The Kier molecular flexibility index (Phi) is 6.16. The van der Waals surface area contributed by atoms with Gasteiger partial charge in [0.05, 0.1) is 4.90 Å². The second-order valence-electron chi connectivity index (χ2n) is 5.16. The molecule has 1 saturated heterocycles. The van der Waals surface area contributed by atoms with E-state index < -0.39 is 15.9 Å². The molecule has 1 fully saturated rings. The quantitative estimate of drug-likeness (QED) is 0.839. The Balaban J connectivity index is 1.84. The molecule has 0 saturated carbocycles. The number of aryl methyl sites for hydroxylation is 1. The third-order valence-electron chi connectivity index (χ3n) is 3.24. The minimum atomic E-state index is -3.90. The van der Waals surface area contributed by atoms with Crippen LogP contribution in [0.2, 0.25) is 0 Å². The zero-order valence-corrected chi connectivity index (χ0v) is 13.7. The molecule has 1 aromatic rings. The van der Waals surface area contributed by atoms with Crippen molar-refractivity contribution < 1.29 is 22.7 Å². The highest BCUT2D eigenvalue weighted by Gasteiger charge is 2.16. The molecule has 0 aromatic heterocycles. The summed E-state index contributed by atoms with van der Waals surface area (Å²) in [4.78, 5) is 11.6. The first-order chi connectivity index (χ1) is 11.0. The lowest BCUT2D eigenvalue weighted by Crippen LogP contribution is -2.29. The molecule has 0 aliphatic carbocycles. The molecule has 1 aliphatic heterocycles. The Labute approximate surface area is 136 Å². The number of amides is 1. The standard InChI is InChI=1S/C16H19NO5S/c1-13-7-9-14(10-8-13)23(19,20)17-15(18)5-4-12-22-16-6-2-3-11-21-16/h7-10,16H,2-3,6,11-12H2,1H3,(H,17,18)/t16-/m0/s1. The molecule has 2 rings (SSSR count). The fourth-order valence-electron chi connectivity index (χ4n) is 2.02. The van der Waals surface area contributed by atoms with E-state index in [2.05, 4.69) is 11.8 Å². The van der Waals surface area contributed by atoms with Gasteiger partial charge in [-0.15, -0.1) is 0 Å². The average molecular weight is 337 g/mol. The molecule has 0 radical (unpaired) electrons. The molecule has 7 heteroatoms. The van der Waals surface area contributed by atoms with Crippen LogP contribution in [0.4, 0.5) is 0 Å². The zero-order chi connectivity index (χ0) is 16.7. The molecule has 1 atom stereocenters. The van der Waals surface area contributed by atoms with E-state index in [9.17, 15) is 13.2 Å². The third-order valence-corrected chi connectivity index (χ3v) is 4.59. The van der Waals surface area contributed by atoms with Gasteiger partial charge in [0.1, 0.15) is 6.61 Å². The first-order valence-electron chi connectivity index (χ1n) is 7.33. The van der Waals surface area contributed by atoms with Crippen LogP contribution in [0.1, 0.15) is 24.8 Å². The molecule has 1 amide bonds. The molecule has 1 N–H and O–H groups in total. The minimum absolute atomic E-state index is 0.0165. The van der Waals surface area contributed by atoms with Crippen molar-refractivity contribution >= 4 is 15.9 Å². The summed E-state index contributed by atoms with van der Waals surface area (Å²) in [6, 6.07) is 6.18. The monoisotopic (exact) mass is 337 g/mol. The van der Waals surface area contributed by atoms with E-state index in [4.69, 9.17) is 9.47 Å². The topological polar surface area (TPSA) is 81.7 Å². The van der Waals surface area contributed by atoms with Gasteiger partial charge in [-0.1, -0.05) is 23.6 Å². The summed E-state index contributed by atoms with van der Waals surface area (Å²) < 4.78 is 36.6. The predicted octanol–water partition coefficient (Wildman–Crippen LogP) is 1.35. The van der Waals surface area contributed by atoms with E-state index in [1.165, 1.54) is 12.1 Å². The fourth-order valence-corrected chi connectivity index (χ4v) is 2.92.